The minimum absolute atomic E-state index is 0.0127. The van der Waals surface area contributed by atoms with Crippen molar-refractivity contribution in [2.45, 2.75) is 11.1 Å². The maximum absolute atomic E-state index is 12.7. The molecule has 0 spiro atoms. The largest absolute Gasteiger partial charge is 0.367 e. The van der Waals surface area contributed by atoms with Gasteiger partial charge in [0.2, 0.25) is 5.82 Å². The first kappa shape index (κ1) is 16.8. The molecule has 0 saturated carbocycles. The summed E-state index contributed by atoms with van der Waals surface area (Å²) in [6.45, 7) is 0.595. The summed E-state index contributed by atoms with van der Waals surface area (Å²) in [5, 5.41) is 3.97. The molecule has 1 aliphatic heterocycles. The number of hydrogen-bond acceptors (Lipinski definition) is 7. The average Bonchev–Trinajstić information content (AvgIpc) is 3.20. The van der Waals surface area contributed by atoms with Gasteiger partial charge in [-0.05, 0) is 24.3 Å². The molecule has 1 aliphatic rings. The Bertz CT molecular complexity index is 976. The van der Waals surface area contributed by atoms with Crippen molar-refractivity contribution in [3.05, 3.63) is 60.6 Å². The van der Waals surface area contributed by atoms with E-state index in [0.29, 0.717) is 11.7 Å². The predicted octanol–water partition coefficient (Wildman–Crippen LogP) is 1.89. The number of hydrogen-bond donors (Lipinski definition) is 0. The Kier molecular flexibility index (Phi) is 4.49. The molecule has 26 heavy (non-hydrogen) atoms. The summed E-state index contributed by atoms with van der Waals surface area (Å²) in [5.74, 6) is 0.693. The van der Waals surface area contributed by atoms with Crippen molar-refractivity contribution < 1.29 is 17.7 Å². The van der Waals surface area contributed by atoms with Crippen molar-refractivity contribution in [1.82, 2.24) is 19.4 Å². The summed E-state index contributed by atoms with van der Waals surface area (Å²) < 4.78 is 37.8. The van der Waals surface area contributed by atoms with E-state index in [4.69, 9.17) is 9.26 Å². The minimum atomic E-state index is -3.69. The highest BCUT2D eigenvalue weighted by Crippen LogP contribution is 2.26. The summed E-state index contributed by atoms with van der Waals surface area (Å²) in [7, 11) is -3.69. The molecule has 9 heteroatoms. The lowest BCUT2D eigenvalue weighted by Crippen LogP contribution is -2.42. The molecule has 1 fully saturated rings. The number of aromatic nitrogens is 3. The van der Waals surface area contributed by atoms with E-state index in [0.717, 1.165) is 5.56 Å². The molecule has 4 rings (SSSR count). The lowest BCUT2D eigenvalue weighted by Gasteiger charge is -2.30. The van der Waals surface area contributed by atoms with Crippen LogP contribution < -0.4 is 0 Å². The van der Waals surface area contributed by atoms with Gasteiger partial charge in [0.15, 0.2) is 5.03 Å². The molecule has 0 amide bonds. The zero-order chi connectivity index (χ0) is 18.0. The van der Waals surface area contributed by atoms with Crippen LogP contribution in [0.4, 0.5) is 0 Å². The maximum Gasteiger partial charge on any atom is 0.260 e. The molecule has 0 bridgehead atoms. The highest BCUT2D eigenvalue weighted by Gasteiger charge is 2.34. The fraction of sp³-hybridized carbons (Fsp3) is 0.235. The molecule has 0 unspecified atom stereocenters. The van der Waals surface area contributed by atoms with E-state index in [9.17, 15) is 8.42 Å². The molecule has 134 valence electrons. The summed E-state index contributed by atoms with van der Waals surface area (Å²) >= 11 is 0. The number of pyridine rings is 1. The van der Waals surface area contributed by atoms with Crippen LogP contribution >= 0.6 is 0 Å². The van der Waals surface area contributed by atoms with Gasteiger partial charge in [-0.25, -0.2) is 13.4 Å². The van der Waals surface area contributed by atoms with Crippen LogP contribution in [0.2, 0.25) is 0 Å². The molecule has 0 aliphatic carbocycles. The van der Waals surface area contributed by atoms with Crippen molar-refractivity contribution in [2.24, 2.45) is 0 Å². The minimum Gasteiger partial charge on any atom is -0.367 e. The highest BCUT2D eigenvalue weighted by molar-refractivity contribution is 7.89. The van der Waals surface area contributed by atoms with Crippen LogP contribution in [-0.2, 0) is 14.8 Å². The van der Waals surface area contributed by atoms with Crippen LogP contribution in [0.15, 0.2) is 64.3 Å². The van der Waals surface area contributed by atoms with Gasteiger partial charge in [0.25, 0.3) is 15.9 Å². The number of morpholine rings is 1. The smallest absolute Gasteiger partial charge is 0.260 e. The van der Waals surface area contributed by atoms with Gasteiger partial charge in [0.1, 0.15) is 6.10 Å². The van der Waals surface area contributed by atoms with Crippen LogP contribution in [0.1, 0.15) is 11.9 Å². The first-order chi connectivity index (χ1) is 12.6. The quantitative estimate of drug-likeness (QED) is 0.690. The molecule has 0 radical (unpaired) electrons. The lowest BCUT2D eigenvalue weighted by atomic mass is 10.2. The van der Waals surface area contributed by atoms with Crippen molar-refractivity contribution in [2.75, 3.05) is 19.7 Å². The highest BCUT2D eigenvalue weighted by atomic mass is 32.2. The Morgan fingerprint density at radius 3 is 2.65 bits per heavy atom. The Balaban J connectivity index is 1.55. The van der Waals surface area contributed by atoms with Gasteiger partial charge in [-0.2, -0.15) is 9.29 Å². The summed E-state index contributed by atoms with van der Waals surface area (Å²) in [4.78, 5) is 8.30. The zero-order valence-corrected chi connectivity index (χ0v) is 14.5. The maximum atomic E-state index is 12.7. The van der Waals surface area contributed by atoms with E-state index < -0.39 is 16.1 Å². The molecule has 0 N–H and O–H groups in total. The van der Waals surface area contributed by atoms with E-state index in [2.05, 4.69) is 15.1 Å². The second kappa shape index (κ2) is 6.94. The monoisotopic (exact) mass is 372 g/mol. The molecule has 1 aromatic carbocycles. The first-order valence-electron chi connectivity index (χ1n) is 8.06. The number of sulfonamides is 1. The topological polar surface area (TPSA) is 98.4 Å². The number of ether oxygens (including phenoxy) is 1. The third kappa shape index (κ3) is 3.24. The van der Waals surface area contributed by atoms with Gasteiger partial charge in [-0.3, -0.25) is 0 Å². The Morgan fingerprint density at radius 1 is 1.08 bits per heavy atom. The normalized spacial score (nSPS) is 18.7. The Hall–Kier alpha value is -2.62. The zero-order valence-electron chi connectivity index (χ0n) is 13.7. The lowest BCUT2D eigenvalue weighted by molar-refractivity contribution is -0.00865. The van der Waals surface area contributed by atoms with Gasteiger partial charge >= 0.3 is 0 Å². The number of rotatable bonds is 4. The number of benzene rings is 1. The molecular formula is C17H16N4O4S. The Labute approximate surface area is 150 Å². The van der Waals surface area contributed by atoms with E-state index in [1.807, 2.05) is 30.3 Å². The second-order valence-corrected chi connectivity index (χ2v) is 7.60. The second-order valence-electron chi connectivity index (χ2n) is 5.71. The van der Waals surface area contributed by atoms with Gasteiger partial charge in [-0.1, -0.05) is 29.4 Å². The van der Waals surface area contributed by atoms with Crippen LogP contribution in [0, 0.1) is 0 Å². The number of nitrogens with zero attached hydrogens (tertiary/aromatic N) is 4. The summed E-state index contributed by atoms with van der Waals surface area (Å²) in [5.41, 5.74) is 0.792. The van der Waals surface area contributed by atoms with Gasteiger partial charge < -0.3 is 9.26 Å². The van der Waals surface area contributed by atoms with Crippen LogP contribution in [0.5, 0.6) is 0 Å². The standard InChI is InChI=1S/C17H16N4O4S/c22-26(23,15-8-4-5-9-18-15)21-10-11-24-14(12-21)16-19-17(25-20-16)13-6-2-1-3-7-13/h1-9,14H,10-12H2/t14-/m0/s1. The van der Waals surface area contributed by atoms with Gasteiger partial charge in [-0.15, -0.1) is 0 Å². The third-order valence-corrected chi connectivity index (χ3v) is 5.80. The molecule has 1 saturated heterocycles. The fourth-order valence-electron chi connectivity index (χ4n) is 2.70. The fourth-order valence-corrected chi connectivity index (χ4v) is 4.05. The van der Waals surface area contributed by atoms with Crippen LogP contribution in [-0.4, -0.2) is 47.5 Å². The molecule has 1 atom stereocenters. The van der Waals surface area contributed by atoms with E-state index >= 15 is 0 Å². The SMILES string of the molecule is O=S(=O)(c1ccccn1)N1CCO[C@H](c2noc(-c3ccccc3)n2)C1. The predicted molar refractivity (Wildman–Crippen MR) is 91.4 cm³/mol. The summed E-state index contributed by atoms with van der Waals surface area (Å²) in [6.07, 6.45) is 0.860. The van der Waals surface area contributed by atoms with E-state index in [-0.39, 0.29) is 24.7 Å². The molecular weight excluding hydrogens is 356 g/mol. The van der Waals surface area contributed by atoms with Crippen molar-refractivity contribution in [1.29, 1.82) is 0 Å². The van der Waals surface area contributed by atoms with Gasteiger partial charge in [0.05, 0.1) is 6.61 Å². The van der Waals surface area contributed by atoms with E-state index in [1.165, 1.54) is 16.6 Å². The third-order valence-electron chi connectivity index (χ3n) is 4.02. The molecule has 3 heterocycles. The molecule has 2 aromatic heterocycles. The first-order valence-corrected chi connectivity index (χ1v) is 9.50. The average molecular weight is 372 g/mol. The Morgan fingerprint density at radius 2 is 1.88 bits per heavy atom. The van der Waals surface area contributed by atoms with Crippen LogP contribution in [0.3, 0.4) is 0 Å². The summed E-state index contributed by atoms with van der Waals surface area (Å²) in [6, 6.07) is 14.1. The molecule has 3 aromatic rings. The molecule has 8 nitrogen and oxygen atoms in total. The van der Waals surface area contributed by atoms with Crippen molar-refractivity contribution >= 4 is 10.0 Å². The van der Waals surface area contributed by atoms with E-state index in [1.54, 1.807) is 12.1 Å². The van der Waals surface area contributed by atoms with Crippen molar-refractivity contribution in [3.63, 3.8) is 0 Å². The van der Waals surface area contributed by atoms with Gasteiger partial charge in [0, 0.05) is 24.8 Å². The van der Waals surface area contributed by atoms with Crippen LogP contribution in [0.25, 0.3) is 11.5 Å². The van der Waals surface area contributed by atoms with Crippen molar-refractivity contribution in [3.8, 4) is 11.5 Å².